The Hall–Kier alpha value is -4.66. The summed E-state index contributed by atoms with van der Waals surface area (Å²) in [6.07, 6.45) is 1.06. The maximum atomic E-state index is 6.71. The predicted molar refractivity (Wildman–Crippen MR) is 138 cm³/mol. The van der Waals surface area contributed by atoms with E-state index in [4.69, 9.17) is 23.7 Å². The molecule has 3 heterocycles. The largest absolute Gasteiger partial charge is 0.493 e. The zero-order chi connectivity index (χ0) is 25.5. The molecule has 0 saturated heterocycles. The van der Waals surface area contributed by atoms with E-state index in [1.165, 1.54) is 0 Å². The fraction of sp³-hybridized carbons (Fsp3) is 0.214. The first-order valence-corrected chi connectivity index (χ1v) is 11.8. The van der Waals surface area contributed by atoms with Crippen LogP contribution in [0.15, 0.2) is 72.6 Å². The van der Waals surface area contributed by atoms with Gasteiger partial charge in [-0.1, -0.05) is 30.3 Å². The minimum absolute atomic E-state index is 0.398. The summed E-state index contributed by atoms with van der Waals surface area (Å²) >= 11 is 0. The Morgan fingerprint density at radius 3 is 2.43 bits per heavy atom. The molecule has 3 aromatic carbocycles. The SMILES string of the molecule is COc1ccc([C@H]2Oc3ccccc3C3=C2[C@H](c2cccc(OC)c2OC)n2ncnc2N3)cc1OC. The maximum absolute atomic E-state index is 6.71. The molecule has 0 aliphatic carbocycles. The second-order valence-electron chi connectivity index (χ2n) is 8.58. The van der Waals surface area contributed by atoms with E-state index in [2.05, 4.69) is 15.4 Å². The Kier molecular flexibility index (Phi) is 5.60. The zero-order valence-electron chi connectivity index (χ0n) is 20.9. The number of nitrogens with one attached hydrogen (secondary N) is 1. The summed E-state index contributed by atoms with van der Waals surface area (Å²) in [5, 5.41) is 8.11. The van der Waals surface area contributed by atoms with E-state index in [0.717, 1.165) is 33.7 Å². The lowest BCUT2D eigenvalue weighted by molar-refractivity contribution is 0.221. The topological polar surface area (TPSA) is 88.9 Å². The van der Waals surface area contributed by atoms with Crippen LogP contribution in [0.1, 0.15) is 28.8 Å². The minimum Gasteiger partial charge on any atom is -0.493 e. The summed E-state index contributed by atoms with van der Waals surface area (Å²) in [5.74, 6) is 3.89. The van der Waals surface area contributed by atoms with Crippen LogP contribution in [0.5, 0.6) is 28.7 Å². The monoisotopic (exact) mass is 498 g/mol. The van der Waals surface area contributed by atoms with Gasteiger partial charge in [-0.05, 0) is 30.3 Å². The van der Waals surface area contributed by atoms with E-state index in [1.807, 2.05) is 65.3 Å². The van der Waals surface area contributed by atoms with Gasteiger partial charge in [-0.25, -0.2) is 4.68 Å². The highest BCUT2D eigenvalue weighted by Gasteiger charge is 2.42. The molecule has 1 N–H and O–H groups in total. The highest BCUT2D eigenvalue weighted by molar-refractivity contribution is 5.85. The summed E-state index contributed by atoms with van der Waals surface area (Å²) < 4.78 is 31.1. The molecule has 0 spiro atoms. The molecular formula is C28H26N4O5. The molecule has 0 amide bonds. The fourth-order valence-corrected chi connectivity index (χ4v) is 5.13. The summed E-state index contributed by atoms with van der Waals surface area (Å²) in [5.41, 5.74) is 4.58. The lowest BCUT2D eigenvalue weighted by Gasteiger charge is -2.39. The molecule has 2 aliphatic rings. The van der Waals surface area contributed by atoms with Crippen molar-refractivity contribution in [1.29, 1.82) is 0 Å². The number of rotatable bonds is 6. The number of hydrogen-bond donors (Lipinski definition) is 1. The highest BCUT2D eigenvalue weighted by Crippen LogP contribution is 2.53. The van der Waals surface area contributed by atoms with Crippen LogP contribution >= 0.6 is 0 Å². The average Bonchev–Trinajstić information content (AvgIpc) is 3.43. The number of nitrogens with zero attached hydrogens (tertiary/aromatic N) is 3. The van der Waals surface area contributed by atoms with E-state index in [0.29, 0.717) is 28.9 Å². The third-order valence-corrected chi connectivity index (χ3v) is 6.76. The molecule has 0 fully saturated rings. The molecule has 9 heteroatoms. The molecule has 37 heavy (non-hydrogen) atoms. The second kappa shape index (κ2) is 9.09. The van der Waals surface area contributed by atoms with Gasteiger partial charge in [0.15, 0.2) is 23.0 Å². The van der Waals surface area contributed by atoms with Crippen molar-refractivity contribution in [3.8, 4) is 28.7 Å². The first-order chi connectivity index (χ1) is 18.2. The number of anilines is 1. The summed E-state index contributed by atoms with van der Waals surface area (Å²) in [4.78, 5) is 4.50. The van der Waals surface area contributed by atoms with Gasteiger partial charge in [0.1, 0.15) is 24.2 Å². The van der Waals surface area contributed by atoms with Crippen molar-refractivity contribution >= 4 is 11.6 Å². The third-order valence-electron chi connectivity index (χ3n) is 6.76. The van der Waals surface area contributed by atoms with Gasteiger partial charge in [0.05, 0.1) is 34.1 Å². The number of ether oxygens (including phenoxy) is 5. The summed E-state index contributed by atoms with van der Waals surface area (Å²) in [6, 6.07) is 19.2. The Labute approximate surface area is 214 Å². The van der Waals surface area contributed by atoms with Gasteiger partial charge in [0.25, 0.3) is 0 Å². The predicted octanol–water partition coefficient (Wildman–Crippen LogP) is 4.87. The van der Waals surface area contributed by atoms with Crippen LogP contribution in [0.2, 0.25) is 0 Å². The molecule has 1 aromatic heterocycles. The van der Waals surface area contributed by atoms with Crippen LogP contribution < -0.4 is 29.0 Å². The van der Waals surface area contributed by atoms with Crippen LogP contribution in [-0.2, 0) is 0 Å². The molecule has 188 valence electrons. The van der Waals surface area contributed by atoms with Crippen molar-refractivity contribution < 1.29 is 23.7 Å². The minimum atomic E-state index is -0.476. The van der Waals surface area contributed by atoms with Crippen molar-refractivity contribution in [3.05, 3.63) is 89.3 Å². The average molecular weight is 499 g/mol. The van der Waals surface area contributed by atoms with E-state index in [-0.39, 0.29) is 0 Å². The third kappa shape index (κ3) is 3.54. The van der Waals surface area contributed by atoms with Crippen molar-refractivity contribution in [2.45, 2.75) is 12.1 Å². The number of hydrogen-bond acceptors (Lipinski definition) is 8. The van der Waals surface area contributed by atoms with Gasteiger partial charge in [0.2, 0.25) is 5.95 Å². The van der Waals surface area contributed by atoms with Crippen LogP contribution in [0, 0.1) is 0 Å². The number of para-hydroxylation sites is 2. The standard InChI is InChI=1S/C28H26N4O5/c1-33-20-13-12-16(14-22(20)35-3)26-23-24(17-8-5-6-10-19(17)37-26)31-28-29-15-30-32(28)25(23)18-9-7-11-21(34-2)27(18)36-4/h5-15,25-26H,1-4H3,(H,29,30,31)/t25-,26+/m0/s1. The van der Waals surface area contributed by atoms with Crippen molar-refractivity contribution in [1.82, 2.24) is 14.8 Å². The van der Waals surface area contributed by atoms with Gasteiger partial charge in [-0.2, -0.15) is 10.1 Å². The van der Waals surface area contributed by atoms with Gasteiger partial charge in [-0.15, -0.1) is 0 Å². The van der Waals surface area contributed by atoms with Crippen LogP contribution in [-0.4, -0.2) is 43.2 Å². The Bertz CT molecular complexity index is 1510. The van der Waals surface area contributed by atoms with Crippen LogP contribution in [0.4, 0.5) is 5.95 Å². The van der Waals surface area contributed by atoms with Gasteiger partial charge < -0.3 is 29.0 Å². The van der Waals surface area contributed by atoms with E-state index in [9.17, 15) is 0 Å². The zero-order valence-corrected chi connectivity index (χ0v) is 20.9. The lowest BCUT2D eigenvalue weighted by atomic mass is 9.84. The molecule has 0 saturated carbocycles. The highest BCUT2D eigenvalue weighted by atomic mass is 16.5. The lowest BCUT2D eigenvalue weighted by Crippen LogP contribution is -2.32. The van der Waals surface area contributed by atoms with Crippen molar-refractivity contribution in [3.63, 3.8) is 0 Å². The Morgan fingerprint density at radius 2 is 1.65 bits per heavy atom. The number of benzene rings is 3. The van der Waals surface area contributed by atoms with Gasteiger partial charge >= 0.3 is 0 Å². The molecule has 6 rings (SSSR count). The van der Waals surface area contributed by atoms with E-state index < -0.39 is 12.1 Å². The molecular weight excluding hydrogens is 472 g/mol. The first kappa shape index (κ1) is 22.8. The number of fused-ring (bicyclic) bond motifs is 3. The molecule has 4 aromatic rings. The van der Waals surface area contributed by atoms with Crippen LogP contribution in [0.3, 0.4) is 0 Å². The van der Waals surface area contributed by atoms with E-state index in [1.54, 1.807) is 34.8 Å². The normalized spacial score (nSPS) is 17.5. The molecule has 0 radical (unpaired) electrons. The van der Waals surface area contributed by atoms with Crippen molar-refractivity contribution in [2.75, 3.05) is 33.8 Å². The second-order valence-corrected chi connectivity index (χ2v) is 8.58. The molecule has 0 bridgehead atoms. The number of aromatic nitrogens is 3. The molecule has 9 nitrogen and oxygen atoms in total. The first-order valence-electron chi connectivity index (χ1n) is 11.8. The van der Waals surface area contributed by atoms with Gasteiger partial charge in [0, 0.05) is 22.3 Å². The summed E-state index contributed by atoms with van der Waals surface area (Å²) in [7, 11) is 6.51. The Morgan fingerprint density at radius 1 is 0.838 bits per heavy atom. The molecule has 2 aliphatic heterocycles. The van der Waals surface area contributed by atoms with E-state index >= 15 is 0 Å². The van der Waals surface area contributed by atoms with Gasteiger partial charge in [-0.3, -0.25) is 0 Å². The van der Waals surface area contributed by atoms with Crippen molar-refractivity contribution in [2.24, 2.45) is 0 Å². The molecule has 0 unspecified atom stereocenters. The van der Waals surface area contributed by atoms with Crippen LogP contribution in [0.25, 0.3) is 5.70 Å². The molecule has 2 atom stereocenters. The maximum Gasteiger partial charge on any atom is 0.226 e. The Balaban J connectivity index is 1.63. The quantitative estimate of drug-likeness (QED) is 0.403. The number of methoxy groups -OCH3 is 4. The summed E-state index contributed by atoms with van der Waals surface area (Å²) in [6.45, 7) is 0. The fourth-order valence-electron chi connectivity index (χ4n) is 5.13. The smallest absolute Gasteiger partial charge is 0.226 e.